The minimum absolute atomic E-state index is 0.0793. The fourth-order valence-electron chi connectivity index (χ4n) is 1.54. The largest absolute Gasteiger partial charge is 0.508 e. The van der Waals surface area contributed by atoms with Crippen LogP contribution in [0.4, 0.5) is 0 Å². The molecule has 0 aromatic carbocycles. The molecule has 66 valence electrons. The number of carbonyl (C=O) groups excluding carboxylic acids is 1. The molecule has 0 saturated carbocycles. The molecule has 1 atom stereocenters. The van der Waals surface area contributed by atoms with Crippen LogP contribution >= 0.6 is 0 Å². The van der Waals surface area contributed by atoms with Crippen LogP contribution in [0, 0.1) is 5.92 Å². The Kier molecular flexibility index (Phi) is 1.89. The molecule has 13 heavy (non-hydrogen) atoms. The van der Waals surface area contributed by atoms with E-state index in [-0.39, 0.29) is 17.5 Å². The molecule has 1 unspecified atom stereocenters. The summed E-state index contributed by atoms with van der Waals surface area (Å²) in [6.07, 6.45) is 10.9. The van der Waals surface area contributed by atoms with Crippen molar-refractivity contribution in [2.45, 2.75) is 6.42 Å². The molecular weight excluding hydrogens is 164 g/mol. The van der Waals surface area contributed by atoms with Gasteiger partial charge >= 0.3 is 0 Å². The zero-order valence-electron chi connectivity index (χ0n) is 7.10. The number of fused-ring (bicyclic) bond motifs is 2. The minimum atomic E-state index is 0.0793. The highest BCUT2D eigenvalue weighted by atomic mass is 16.3. The topological polar surface area (TPSA) is 37.3 Å². The zero-order valence-corrected chi connectivity index (χ0v) is 7.10. The highest BCUT2D eigenvalue weighted by molar-refractivity contribution is 6.05. The van der Waals surface area contributed by atoms with Gasteiger partial charge < -0.3 is 5.11 Å². The van der Waals surface area contributed by atoms with Crippen LogP contribution in [0.25, 0.3) is 0 Å². The number of allylic oxidation sites excluding steroid dienone is 7. The fraction of sp³-hybridized carbons (Fsp3) is 0.182. The summed E-state index contributed by atoms with van der Waals surface area (Å²) in [6, 6.07) is 0. The number of hydrogen-bond donors (Lipinski definition) is 1. The molecule has 2 heteroatoms. The number of aliphatic hydroxyl groups excluding tert-OH is 1. The molecule has 0 aromatic rings. The summed E-state index contributed by atoms with van der Waals surface area (Å²) in [6.45, 7) is 0. The van der Waals surface area contributed by atoms with Crippen molar-refractivity contribution in [2.75, 3.05) is 0 Å². The van der Waals surface area contributed by atoms with Crippen LogP contribution in [0.2, 0.25) is 0 Å². The Hall–Kier alpha value is -1.57. The van der Waals surface area contributed by atoms with E-state index in [1.165, 1.54) is 0 Å². The first-order valence-electron chi connectivity index (χ1n) is 4.26. The van der Waals surface area contributed by atoms with Crippen LogP contribution in [0.3, 0.4) is 0 Å². The maximum absolute atomic E-state index is 11.3. The van der Waals surface area contributed by atoms with Crippen LogP contribution in [-0.4, -0.2) is 10.9 Å². The Morgan fingerprint density at radius 3 is 3.08 bits per heavy atom. The summed E-state index contributed by atoms with van der Waals surface area (Å²) in [5.41, 5.74) is 0.813. The van der Waals surface area contributed by atoms with Gasteiger partial charge in [-0.15, -0.1) is 0 Å². The number of carbonyl (C=O) groups is 1. The quantitative estimate of drug-likeness (QED) is 0.610. The molecule has 0 amide bonds. The van der Waals surface area contributed by atoms with E-state index in [9.17, 15) is 9.90 Å². The number of aliphatic hydroxyl groups is 1. The Labute approximate surface area is 76.6 Å². The molecule has 2 aliphatic rings. The SMILES string of the molecule is O=C1C=CC2\C=C(O)/C=C\C=C\1C2. The third kappa shape index (κ3) is 1.61. The van der Waals surface area contributed by atoms with Crippen molar-refractivity contribution < 1.29 is 9.90 Å². The van der Waals surface area contributed by atoms with Crippen molar-refractivity contribution in [3.05, 3.63) is 47.8 Å². The van der Waals surface area contributed by atoms with Gasteiger partial charge in [-0.25, -0.2) is 0 Å². The Morgan fingerprint density at radius 2 is 2.23 bits per heavy atom. The van der Waals surface area contributed by atoms with Crippen LogP contribution in [0.1, 0.15) is 6.42 Å². The molecular formula is C11H10O2. The highest BCUT2D eigenvalue weighted by Gasteiger charge is 2.17. The summed E-state index contributed by atoms with van der Waals surface area (Å²) >= 11 is 0. The lowest BCUT2D eigenvalue weighted by molar-refractivity contribution is -0.111. The summed E-state index contributed by atoms with van der Waals surface area (Å²) in [5.74, 6) is 0.504. The second kappa shape index (κ2) is 3.05. The summed E-state index contributed by atoms with van der Waals surface area (Å²) in [7, 11) is 0. The Morgan fingerprint density at radius 1 is 1.38 bits per heavy atom. The van der Waals surface area contributed by atoms with Crippen molar-refractivity contribution >= 4 is 5.78 Å². The summed E-state index contributed by atoms with van der Waals surface area (Å²) in [4.78, 5) is 11.3. The first kappa shape index (κ1) is 8.05. The van der Waals surface area contributed by atoms with E-state index in [1.54, 1.807) is 30.4 Å². The molecule has 0 spiro atoms. The van der Waals surface area contributed by atoms with Crippen LogP contribution in [0.15, 0.2) is 47.8 Å². The molecule has 2 bridgehead atoms. The van der Waals surface area contributed by atoms with Gasteiger partial charge in [0.25, 0.3) is 0 Å². The van der Waals surface area contributed by atoms with E-state index in [2.05, 4.69) is 0 Å². The monoisotopic (exact) mass is 174 g/mol. The van der Waals surface area contributed by atoms with Crippen molar-refractivity contribution in [1.82, 2.24) is 0 Å². The van der Waals surface area contributed by atoms with Gasteiger partial charge in [0.1, 0.15) is 5.76 Å². The van der Waals surface area contributed by atoms with E-state index >= 15 is 0 Å². The molecule has 0 saturated heterocycles. The van der Waals surface area contributed by atoms with E-state index in [0.29, 0.717) is 6.42 Å². The second-order valence-corrected chi connectivity index (χ2v) is 3.23. The average Bonchev–Trinajstić information content (AvgIpc) is 2.07. The third-order valence-corrected chi connectivity index (χ3v) is 2.22. The van der Waals surface area contributed by atoms with E-state index in [4.69, 9.17) is 0 Å². The van der Waals surface area contributed by atoms with E-state index < -0.39 is 0 Å². The van der Waals surface area contributed by atoms with Crippen LogP contribution < -0.4 is 0 Å². The van der Waals surface area contributed by atoms with Gasteiger partial charge in [-0.1, -0.05) is 18.2 Å². The lowest BCUT2D eigenvalue weighted by Gasteiger charge is -2.15. The van der Waals surface area contributed by atoms with Gasteiger partial charge in [-0.05, 0) is 24.6 Å². The maximum Gasteiger partial charge on any atom is 0.181 e. The second-order valence-electron chi connectivity index (χ2n) is 3.23. The van der Waals surface area contributed by atoms with Crippen LogP contribution in [0.5, 0.6) is 0 Å². The van der Waals surface area contributed by atoms with Crippen molar-refractivity contribution in [2.24, 2.45) is 5.92 Å². The lowest BCUT2D eigenvalue weighted by atomic mass is 9.89. The third-order valence-electron chi connectivity index (χ3n) is 2.22. The molecule has 1 N–H and O–H groups in total. The Balaban J connectivity index is 2.42. The highest BCUT2D eigenvalue weighted by Crippen LogP contribution is 2.23. The molecule has 0 aromatic heterocycles. The van der Waals surface area contributed by atoms with Gasteiger partial charge in [-0.2, -0.15) is 0 Å². The van der Waals surface area contributed by atoms with Crippen LogP contribution in [-0.2, 0) is 4.79 Å². The van der Waals surface area contributed by atoms with E-state index in [1.807, 2.05) is 6.08 Å². The van der Waals surface area contributed by atoms with Crippen molar-refractivity contribution in [3.63, 3.8) is 0 Å². The normalized spacial score (nSPS) is 36.6. The fourth-order valence-corrected chi connectivity index (χ4v) is 1.54. The molecule has 0 aliphatic heterocycles. The average molecular weight is 174 g/mol. The summed E-state index contributed by atoms with van der Waals surface area (Å²) in [5, 5.41) is 9.32. The predicted octanol–water partition coefficient (Wildman–Crippen LogP) is 2.07. The summed E-state index contributed by atoms with van der Waals surface area (Å²) < 4.78 is 0. The zero-order chi connectivity index (χ0) is 9.26. The molecule has 0 radical (unpaired) electrons. The van der Waals surface area contributed by atoms with Gasteiger partial charge in [-0.3, -0.25) is 4.79 Å². The minimum Gasteiger partial charge on any atom is -0.508 e. The van der Waals surface area contributed by atoms with Crippen molar-refractivity contribution in [1.29, 1.82) is 0 Å². The molecule has 2 rings (SSSR count). The lowest BCUT2D eigenvalue weighted by Crippen LogP contribution is -2.10. The molecule has 2 nitrogen and oxygen atoms in total. The Bertz CT molecular complexity index is 356. The van der Waals surface area contributed by atoms with E-state index in [0.717, 1.165) is 5.57 Å². The van der Waals surface area contributed by atoms with Gasteiger partial charge in [0.2, 0.25) is 0 Å². The maximum atomic E-state index is 11.3. The first-order chi connectivity index (χ1) is 6.25. The number of hydrogen-bond acceptors (Lipinski definition) is 2. The number of ketones is 1. The van der Waals surface area contributed by atoms with Gasteiger partial charge in [0.05, 0.1) is 0 Å². The standard InChI is InChI=1S/C11H10O2/c12-10-3-1-2-9-6-8(7-10)4-5-11(9)13/h1-5,7-8,12H,6H2/b3-1-,9-2+,10-7+. The van der Waals surface area contributed by atoms with Gasteiger partial charge in [0.15, 0.2) is 5.78 Å². The molecule has 2 aliphatic carbocycles. The number of rotatable bonds is 0. The molecule has 0 heterocycles. The first-order valence-corrected chi connectivity index (χ1v) is 4.26. The molecule has 0 fully saturated rings. The smallest absolute Gasteiger partial charge is 0.181 e. The predicted molar refractivity (Wildman–Crippen MR) is 50.2 cm³/mol. The van der Waals surface area contributed by atoms with Crippen molar-refractivity contribution in [3.8, 4) is 0 Å². The van der Waals surface area contributed by atoms with Gasteiger partial charge in [0, 0.05) is 11.5 Å².